The van der Waals surface area contributed by atoms with E-state index in [1.165, 1.54) is 17.5 Å². The number of carboxylic acids is 1. The highest BCUT2D eigenvalue weighted by molar-refractivity contribution is 7.13. The number of carboxylic acid groups (broad SMARTS) is 1. The van der Waals surface area contributed by atoms with E-state index in [0.29, 0.717) is 23.7 Å². The monoisotopic (exact) mass is 454 g/mol. The maximum Gasteiger partial charge on any atom is 0.573 e. The van der Waals surface area contributed by atoms with Crippen molar-refractivity contribution in [2.24, 2.45) is 0 Å². The van der Waals surface area contributed by atoms with Crippen molar-refractivity contribution < 1.29 is 32.2 Å². The number of anilines is 1. The summed E-state index contributed by atoms with van der Waals surface area (Å²) in [4.78, 5) is 22.4. The maximum absolute atomic E-state index is 13.2. The average molecular weight is 454 g/mol. The minimum atomic E-state index is -5.10. The van der Waals surface area contributed by atoms with Crippen molar-refractivity contribution in [1.29, 1.82) is 0 Å². The number of oxazole rings is 1. The Kier molecular flexibility index (Phi) is 4.59. The van der Waals surface area contributed by atoms with Gasteiger partial charge in [-0.3, -0.25) is 0 Å². The number of rotatable bonds is 5. The van der Waals surface area contributed by atoms with Crippen molar-refractivity contribution in [2.45, 2.75) is 38.2 Å². The Bertz CT molecular complexity index is 1150. The van der Waals surface area contributed by atoms with E-state index in [1.807, 2.05) is 4.90 Å². The highest BCUT2D eigenvalue weighted by Crippen LogP contribution is 2.45. The highest BCUT2D eigenvalue weighted by atomic mass is 32.1. The second-order valence-electron chi connectivity index (χ2n) is 7.48. The zero-order chi connectivity index (χ0) is 21.9. The molecule has 2 N–H and O–H groups in total. The fourth-order valence-corrected chi connectivity index (χ4v) is 5.03. The largest absolute Gasteiger partial charge is 0.573 e. The normalized spacial score (nSPS) is 20.7. The van der Waals surface area contributed by atoms with Gasteiger partial charge in [-0.1, -0.05) is 6.92 Å². The number of fused-ring (bicyclic) bond motifs is 3. The van der Waals surface area contributed by atoms with Gasteiger partial charge < -0.3 is 24.5 Å². The first-order valence-electron chi connectivity index (χ1n) is 9.64. The van der Waals surface area contributed by atoms with Crippen LogP contribution in [0, 0.1) is 0 Å². The van der Waals surface area contributed by atoms with Crippen LogP contribution in [0.2, 0.25) is 0 Å². The van der Waals surface area contributed by atoms with Crippen LogP contribution in [0.5, 0.6) is 5.75 Å². The van der Waals surface area contributed by atoms with Gasteiger partial charge >= 0.3 is 12.3 Å². The third-order valence-corrected chi connectivity index (χ3v) is 6.30. The first-order chi connectivity index (χ1) is 14.7. The zero-order valence-corrected chi connectivity index (χ0v) is 17.0. The van der Waals surface area contributed by atoms with Gasteiger partial charge in [0.15, 0.2) is 16.8 Å². The molecular weight excluding hydrogens is 437 g/mol. The maximum atomic E-state index is 13.2. The molecule has 12 heteroatoms. The molecule has 6 rings (SSSR count). The molecule has 3 aromatic rings. The quantitative estimate of drug-likeness (QED) is 0.603. The molecule has 164 valence electrons. The smallest absolute Gasteiger partial charge is 0.478 e. The first kappa shape index (κ1) is 20.1. The number of halogens is 3. The predicted molar refractivity (Wildman–Crippen MR) is 106 cm³/mol. The van der Waals surface area contributed by atoms with E-state index in [0.717, 1.165) is 6.42 Å². The number of ether oxygens (including phenoxy) is 1. The van der Waals surface area contributed by atoms with E-state index in [1.54, 1.807) is 12.3 Å². The molecule has 3 aliphatic rings. The van der Waals surface area contributed by atoms with Crippen LogP contribution in [0.4, 0.5) is 19.2 Å². The van der Waals surface area contributed by atoms with E-state index < -0.39 is 23.6 Å². The number of thiazole rings is 1. The molecule has 8 nitrogen and oxygen atoms in total. The lowest BCUT2D eigenvalue weighted by molar-refractivity contribution is -0.274. The number of aromatic carboxylic acids is 1. The summed E-state index contributed by atoms with van der Waals surface area (Å²) in [7, 11) is 0. The van der Waals surface area contributed by atoms with Gasteiger partial charge in [-0.2, -0.15) is 4.98 Å². The molecule has 0 amide bonds. The van der Waals surface area contributed by atoms with Crippen LogP contribution in [0.25, 0.3) is 21.7 Å². The molecule has 0 aliphatic carbocycles. The average Bonchev–Trinajstić information content (AvgIpc) is 3.36. The van der Waals surface area contributed by atoms with Crippen LogP contribution in [-0.4, -0.2) is 52.6 Å². The number of piperidine rings is 1. The summed E-state index contributed by atoms with van der Waals surface area (Å²) < 4.78 is 49.9. The van der Waals surface area contributed by atoms with Crippen LogP contribution in [0.3, 0.4) is 0 Å². The van der Waals surface area contributed by atoms with Crippen LogP contribution in [0.15, 0.2) is 16.0 Å². The number of carbonyl (C=O) groups is 1. The summed E-state index contributed by atoms with van der Waals surface area (Å²) in [6, 6.07) is 0.665. The summed E-state index contributed by atoms with van der Waals surface area (Å²) in [6.45, 7) is 2.85. The third-order valence-electron chi connectivity index (χ3n) is 5.51. The van der Waals surface area contributed by atoms with E-state index >= 15 is 0 Å². The van der Waals surface area contributed by atoms with Crippen molar-refractivity contribution in [3.8, 4) is 16.3 Å². The van der Waals surface area contributed by atoms with Gasteiger partial charge in [0, 0.05) is 36.8 Å². The van der Waals surface area contributed by atoms with E-state index in [4.69, 9.17) is 4.42 Å². The van der Waals surface area contributed by atoms with E-state index in [9.17, 15) is 23.1 Å². The minimum Gasteiger partial charge on any atom is -0.478 e. The van der Waals surface area contributed by atoms with Crippen molar-refractivity contribution in [3.63, 3.8) is 0 Å². The van der Waals surface area contributed by atoms with Crippen LogP contribution in [-0.2, 0) is 6.42 Å². The Morgan fingerprint density at radius 1 is 1.42 bits per heavy atom. The Morgan fingerprint density at radius 2 is 2.13 bits per heavy atom. The Morgan fingerprint density at radius 3 is 2.68 bits per heavy atom. The van der Waals surface area contributed by atoms with Gasteiger partial charge in [-0.05, 0) is 18.4 Å². The topological polar surface area (TPSA) is 101 Å². The molecule has 5 heterocycles. The Balaban J connectivity index is 1.79. The van der Waals surface area contributed by atoms with Gasteiger partial charge in [0.05, 0.1) is 5.56 Å². The number of alkyl halides is 3. The van der Waals surface area contributed by atoms with Crippen molar-refractivity contribution >= 4 is 34.4 Å². The predicted octanol–water partition coefficient (Wildman–Crippen LogP) is 3.66. The molecule has 2 bridgehead atoms. The summed E-state index contributed by atoms with van der Waals surface area (Å²) in [5.74, 6) is -2.40. The summed E-state index contributed by atoms with van der Waals surface area (Å²) in [5.41, 5.74) is -0.336. The van der Waals surface area contributed by atoms with Gasteiger partial charge in [-0.25, -0.2) is 9.78 Å². The van der Waals surface area contributed by atoms with E-state index in [2.05, 4.69) is 20.0 Å². The van der Waals surface area contributed by atoms with Crippen LogP contribution in [0.1, 0.15) is 29.3 Å². The van der Waals surface area contributed by atoms with Crippen molar-refractivity contribution in [3.05, 3.63) is 22.7 Å². The summed E-state index contributed by atoms with van der Waals surface area (Å²) >= 11 is 1.23. The molecule has 0 spiro atoms. The van der Waals surface area contributed by atoms with Gasteiger partial charge in [0.1, 0.15) is 10.6 Å². The number of nitrogens with one attached hydrogen (secondary N) is 1. The number of benzene rings is 1. The van der Waals surface area contributed by atoms with Crippen molar-refractivity contribution in [1.82, 2.24) is 15.3 Å². The number of hydrogen-bond acceptors (Lipinski definition) is 8. The van der Waals surface area contributed by atoms with Gasteiger partial charge in [0.2, 0.25) is 0 Å². The number of piperazine rings is 1. The molecule has 31 heavy (non-hydrogen) atoms. The molecule has 1 aromatic carbocycles. The zero-order valence-electron chi connectivity index (χ0n) is 16.2. The third kappa shape index (κ3) is 3.39. The molecular formula is C19H17F3N4O4S. The number of hydrogen-bond donors (Lipinski definition) is 2. The minimum absolute atomic E-state index is 0.0401. The fourth-order valence-electron chi connectivity index (χ4n) is 4.32. The summed E-state index contributed by atoms with van der Waals surface area (Å²) in [5, 5.41) is 15.3. The SMILES string of the molecule is CCc1c(C(=O)O)c(OC(F)(F)F)c2nc(N3CC4CC(C3)N4)oc2c1-c1nccs1. The Hall–Kier alpha value is -2.86. The lowest BCUT2D eigenvalue weighted by atomic mass is 9.92. The second-order valence-corrected chi connectivity index (χ2v) is 8.37. The van der Waals surface area contributed by atoms with Crippen LogP contribution >= 0.6 is 11.3 Å². The molecule has 3 fully saturated rings. The molecule has 0 saturated carbocycles. The van der Waals surface area contributed by atoms with Crippen LogP contribution < -0.4 is 15.0 Å². The molecule has 2 unspecified atom stereocenters. The second kappa shape index (κ2) is 7.09. The summed E-state index contributed by atoms with van der Waals surface area (Å²) in [6.07, 6.45) is -2.41. The number of nitrogens with zero attached hydrogens (tertiary/aromatic N) is 3. The first-order valence-corrected chi connectivity index (χ1v) is 10.5. The standard InChI is InChI=1S/C19H17F3N4O4S/c1-2-10-11(16-23-3-4-31-16)14-13(15(12(10)17(27)28)30-19(20,21)22)25-18(29-14)26-6-8-5-9(7-26)24-8/h3-4,8-9,24H,2,5-7H2,1H3,(H,27,28). The molecule has 0 radical (unpaired) electrons. The fraction of sp³-hybridized carbons (Fsp3) is 0.421. The molecule has 3 saturated heterocycles. The molecule has 3 aliphatic heterocycles. The van der Waals surface area contributed by atoms with E-state index in [-0.39, 0.29) is 41.2 Å². The lowest BCUT2D eigenvalue weighted by Gasteiger charge is -2.47. The Labute approximate surface area is 177 Å². The van der Waals surface area contributed by atoms with Crippen molar-refractivity contribution in [2.75, 3.05) is 18.0 Å². The van der Waals surface area contributed by atoms with Gasteiger partial charge in [0.25, 0.3) is 6.01 Å². The van der Waals surface area contributed by atoms with Gasteiger partial charge in [-0.15, -0.1) is 24.5 Å². The highest BCUT2D eigenvalue weighted by Gasteiger charge is 2.41. The number of aromatic nitrogens is 2. The molecule has 2 aromatic heterocycles. The lowest BCUT2D eigenvalue weighted by Crippen LogP contribution is -2.67. The molecule has 2 atom stereocenters.